The number of aliphatic hydroxyl groups excluding tert-OH is 1. The monoisotopic (exact) mass is 271 g/mol. The van der Waals surface area contributed by atoms with E-state index >= 15 is 0 Å². The predicted octanol–water partition coefficient (Wildman–Crippen LogP) is 3.56. The summed E-state index contributed by atoms with van der Waals surface area (Å²) in [5, 5.41) is 13.0. The number of aliphatic hydroxyl groups is 1. The number of anilines is 1. The number of halogens is 1. The summed E-state index contributed by atoms with van der Waals surface area (Å²) in [7, 11) is 0. The Bertz CT molecular complexity index is 391. The van der Waals surface area contributed by atoms with Gasteiger partial charge in [-0.2, -0.15) is 0 Å². The smallest absolute Gasteiger partial charge is 0.138 e. The van der Waals surface area contributed by atoms with E-state index in [0.717, 1.165) is 5.69 Å². The summed E-state index contributed by atoms with van der Waals surface area (Å²) in [6.07, 6.45) is 0.106. The van der Waals surface area contributed by atoms with Crippen LogP contribution in [0.15, 0.2) is 18.2 Å². The number of benzene rings is 1. The van der Waals surface area contributed by atoms with E-state index in [0.29, 0.717) is 17.3 Å². The molecule has 4 heteroatoms. The first-order valence-electron chi connectivity index (χ1n) is 6.15. The third kappa shape index (κ3) is 4.75. The van der Waals surface area contributed by atoms with Crippen molar-refractivity contribution in [2.75, 3.05) is 18.5 Å². The highest BCUT2D eigenvalue weighted by Crippen LogP contribution is 2.29. The van der Waals surface area contributed by atoms with Gasteiger partial charge in [-0.15, -0.1) is 0 Å². The van der Waals surface area contributed by atoms with Gasteiger partial charge in [0.05, 0.1) is 11.1 Å². The number of ether oxygens (including phenoxy) is 1. The molecule has 0 saturated carbocycles. The van der Waals surface area contributed by atoms with E-state index < -0.39 is 0 Å². The number of hydrogen-bond donors (Lipinski definition) is 2. The minimum atomic E-state index is -0.153. The molecular formula is C14H22ClNO2. The van der Waals surface area contributed by atoms with Gasteiger partial charge in [0.2, 0.25) is 0 Å². The molecule has 0 aliphatic rings. The van der Waals surface area contributed by atoms with Crippen LogP contribution in [0.2, 0.25) is 5.02 Å². The van der Waals surface area contributed by atoms with Crippen molar-refractivity contribution in [3.8, 4) is 5.75 Å². The van der Waals surface area contributed by atoms with Crippen LogP contribution in [0.1, 0.15) is 27.7 Å². The van der Waals surface area contributed by atoms with Crippen molar-refractivity contribution in [3.63, 3.8) is 0 Å². The van der Waals surface area contributed by atoms with Gasteiger partial charge < -0.3 is 15.2 Å². The lowest BCUT2D eigenvalue weighted by Crippen LogP contribution is -2.26. The quantitative estimate of drug-likeness (QED) is 0.831. The number of hydrogen-bond acceptors (Lipinski definition) is 3. The molecule has 0 unspecified atom stereocenters. The summed E-state index contributed by atoms with van der Waals surface area (Å²) >= 11 is 6.14. The second-order valence-corrected chi connectivity index (χ2v) is 5.89. The van der Waals surface area contributed by atoms with E-state index in [1.165, 1.54) is 0 Å². The predicted molar refractivity (Wildman–Crippen MR) is 76.6 cm³/mol. The zero-order valence-corrected chi connectivity index (χ0v) is 12.2. The highest BCUT2D eigenvalue weighted by Gasteiger charge is 2.16. The zero-order chi connectivity index (χ0) is 13.8. The molecule has 0 amide bonds. The van der Waals surface area contributed by atoms with E-state index in [1.807, 2.05) is 45.9 Å². The van der Waals surface area contributed by atoms with E-state index in [-0.39, 0.29) is 18.1 Å². The van der Waals surface area contributed by atoms with Gasteiger partial charge in [0.15, 0.2) is 0 Å². The van der Waals surface area contributed by atoms with Crippen LogP contribution in [0.25, 0.3) is 0 Å². The maximum atomic E-state index is 9.18. The van der Waals surface area contributed by atoms with Crippen LogP contribution < -0.4 is 10.1 Å². The highest BCUT2D eigenvalue weighted by atomic mass is 35.5. The fourth-order valence-corrected chi connectivity index (χ4v) is 1.58. The molecule has 0 bridgehead atoms. The molecule has 0 atom stereocenters. The summed E-state index contributed by atoms with van der Waals surface area (Å²) < 4.78 is 5.57. The first kappa shape index (κ1) is 15.1. The molecule has 0 heterocycles. The van der Waals surface area contributed by atoms with Gasteiger partial charge in [-0.05, 0) is 32.0 Å². The Balaban J connectivity index is 2.67. The topological polar surface area (TPSA) is 41.5 Å². The van der Waals surface area contributed by atoms with Crippen LogP contribution in [0, 0.1) is 5.41 Å². The highest BCUT2D eigenvalue weighted by molar-refractivity contribution is 6.32. The van der Waals surface area contributed by atoms with Gasteiger partial charge >= 0.3 is 0 Å². The lowest BCUT2D eigenvalue weighted by molar-refractivity contribution is 0.171. The van der Waals surface area contributed by atoms with Crippen molar-refractivity contribution in [3.05, 3.63) is 23.2 Å². The lowest BCUT2D eigenvalue weighted by Gasteiger charge is -2.23. The molecule has 0 fully saturated rings. The van der Waals surface area contributed by atoms with Crippen molar-refractivity contribution in [2.45, 2.75) is 33.8 Å². The fourth-order valence-electron chi connectivity index (χ4n) is 1.36. The van der Waals surface area contributed by atoms with Gasteiger partial charge in [0.1, 0.15) is 5.75 Å². The third-order valence-electron chi connectivity index (χ3n) is 2.49. The van der Waals surface area contributed by atoms with Crippen LogP contribution in [0.4, 0.5) is 5.69 Å². The zero-order valence-electron chi connectivity index (χ0n) is 11.5. The molecule has 0 aromatic heterocycles. The average molecular weight is 272 g/mol. The minimum Gasteiger partial charge on any atom is -0.489 e. The molecule has 0 saturated heterocycles. The van der Waals surface area contributed by atoms with Gasteiger partial charge in [-0.3, -0.25) is 0 Å². The SMILES string of the molecule is CC(C)Oc1ccc(NCC(C)(C)CO)cc1Cl. The van der Waals surface area contributed by atoms with Crippen molar-refractivity contribution in [1.82, 2.24) is 0 Å². The summed E-state index contributed by atoms with van der Waals surface area (Å²) in [5.74, 6) is 0.693. The molecule has 1 aromatic carbocycles. The first-order chi connectivity index (χ1) is 8.34. The second kappa shape index (κ2) is 6.30. The van der Waals surface area contributed by atoms with E-state index in [2.05, 4.69) is 5.32 Å². The Labute approximate surface area is 114 Å². The van der Waals surface area contributed by atoms with Gasteiger partial charge in [0, 0.05) is 24.3 Å². The molecule has 0 aliphatic heterocycles. The Morgan fingerprint density at radius 1 is 1.39 bits per heavy atom. The lowest BCUT2D eigenvalue weighted by atomic mass is 9.95. The maximum Gasteiger partial charge on any atom is 0.138 e. The Morgan fingerprint density at radius 2 is 2.06 bits per heavy atom. The van der Waals surface area contributed by atoms with E-state index in [1.54, 1.807) is 0 Å². The van der Waals surface area contributed by atoms with Gasteiger partial charge in [0.25, 0.3) is 0 Å². The fraction of sp³-hybridized carbons (Fsp3) is 0.571. The average Bonchev–Trinajstić information content (AvgIpc) is 2.29. The van der Waals surface area contributed by atoms with E-state index in [4.69, 9.17) is 16.3 Å². The number of rotatable bonds is 6. The molecule has 1 rings (SSSR count). The maximum absolute atomic E-state index is 9.18. The van der Waals surface area contributed by atoms with Crippen LogP contribution in [-0.2, 0) is 0 Å². The molecule has 102 valence electrons. The van der Waals surface area contributed by atoms with Crippen LogP contribution >= 0.6 is 11.6 Å². The Kier molecular flexibility index (Phi) is 5.29. The minimum absolute atomic E-state index is 0.106. The standard InChI is InChI=1S/C14H22ClNO2/c1-10(2)18-13-6-5-11(7-12(13)15)16-8-14(3,4)9-17/h5-7,10,16-17H,8-9H2,1-4H3. The van der Waals surface area contributed by atoms with Gasteiger partial charge in [-0.1, -0.05) is 25.4 Å². The molecule has 2 N–H and O–H groups in total. The summed E-state index contributed by atoms with van der Waals surface area (Å²) in [6, 6.07) is 5.63. The molecule has 0 aliphatic carbocycles. The van der Waals surface area contributed by atoms with Crippen molar-refractivity contribution >= 4 is 17.3 Å². The van der Waals surface area contributed by atoms with Crippen molar-refractivity contribution < 1.29 is 9.84 Å². The molecule has 1 aromatic rings. The second-order valence-electron chi connectivity index (χ2n) is 5.49. The molecule has 3 nitrogen and oxygen atoms in total. The normalized spacial score (nSPS) is 11.7. The van der Waals surface area contributed by atoms with Crippen molar-refractivity contribution in [1.29, 1.82) is 0 Å². The van der Waals surface area contributed by atoms with Crippen LogP contribution in [0.5, 0.6) is 5.75 Å². The molecular weight excluding hydrogens is 250 g/mol. The van der Waals surface area contributed by atoms with E-state index in [9.17, 15) is 5.11 Å². The van der Waals surface area contributed by atoms with Crippen LogP contribution in [-0.4, -0.2) is 24.4 Å². The summed E-state index contributed by atoms with van der Waals surface area (Å²) in [4.78, 5) is 0. The van der Waals surface area contributed by atoms with Crippen molar-refractivity contribution in [2.24, 2.45) is 5.41 Å². The van der Waals surface area contributed by atoms with Gasteiger partial charge in [-0.25, -0.2) is 0 Å². The Morgan fingerprint density at radius 3 is 2.56 bits per heavy atom. The molecule has 18 heavy (non-hydrogen) atoms. The van der Waals surface area contributed by atoms with Crippen LogP contribution in [0.3, 0.4) is 0 Å². The third-order valence-corrected chi connectivity index (χ3v) is 2.79. The molecule has 0 radical (unpaired) electrons. The summed E-state index contributed by atoms with van der Waals surface area (Å²) in [5.41, 5.74) is 0.775. The largest absolute Gasteiger partial charge is 0.489 e. The summed E-state index contributed by atoms with van der Waals surface area (Å²) in [6.45, 7) is 8.75. The first-order valence-corrected chi connectivity index (χ1v) is 6.53. The Hall–Kier alpha value is -0.930. The number of nitrogens with one attached hydrogen (secondary N) is 1. The molecule has 0 spiro atoms.